The van der Waals surface area contributed by atoms with Crippen molar-refractivity contribution in [2.24, 2.45) is 0 Å². The van der Waals surface area contributed by atoms with Gasteiger partial charge in [0.15, 0.2) is 0 Å². The topological polar surface area (TPSA) is 24.1 Å². The number of hydrogen-bond acceptors (Lipinski definition) is 2. The van der Waals surface area contributed by atoms with Crippen LogP contribution in [0.2, 0.25) is 0 Å². The first-order chi connectivity index (χ1) is 12.5. The predicted molar refractivity (Wildman–Crippen MR) is 114 cm³/mol. The fourth-order valence-electron chi connectivity index (χ4n) is 2.87. The van der Waals surface area contributed by atoms with E-state index in [1.54, 1.807) is 0 Å². The third-order valence-electron chi connectivity index (χ3n) is 4.62. The van der Waals surface area contributed by atoms with Crippen LogP contribution in [0.4, 0.5) is 22.7 Å². The zero-order valence-corrected chi connectivity index (χ0v) is 16.1. The highest BCUT2D eigenvalue weighted by Crippen LogP contribution is 2.24. The summed E-state index contributed by atoms with van der Waals surface area (Å²) in [5.74, 6) is 1.12. The summed E-state index contributed by atoms with van der Waals surface area (Å²) in [6.07, 6.45) is 0. The van der Waals surface area contributed by atoms with Crippen LogP contribution >= 0.6 is 0 Å². The number of hydrogen-bond donors (Lipinski definition) is 2. The Morgan fingerprint density at radius 2 is 0.654 bits per heavy atom. The van der Waals surface area contributed by atoms with Crippen LogP contribution in [0.3, 0.4) is 0 Å². The molecule has 134 valence electrons. The Kier molecular flexibility index (Phi) is 5.62. The SMILES string of the molecule is CC(C)c1ccc(Nc2ccc(Nc3ccc(C(C)C)cc3)cc2)cc1. The van der Waals surface area contributed by atoms with Gasteiger partial charge in [-0.25, -0.2) is 0 Å². The maximum atomic E-state index is 3.45. The van der Waals surface area contributed by atoms with E-state index in [9.17, 15) is 0 Å². The Labute approximate surface area is 157 Å². The van der Waals surface area contributed by atoms with Crippen LogP contribution in [-0.2, 0) is 0 Å². The Bertz CT molecular complexity index is 741. The molecule has 0 amide bonds. The lowest BCUT2D eigenvalue weighted by Crippen LogP contribution is -1.94. The van der Waals surface area contributed by atoms with Gasteiger partial charge in [0.2, 0.25) is 0 Å². The van der Waals surface area contributed by atoms with Crippen molar-refractivity contribution < 1.29 is 0 Å². The van der Waals surface area contributed by atoms with Gasteiger partial charge in [-0.2, -0.15) is 0 Å². The van der Waals surface area contributed by atoms with Gasteiger partial charge in [-0.3, -0.25) is 0 Å². The lowest BCUT2D eigenvalue weighted by atomic mass is 10.0. The maximum Gasteiger partial charge on any atom is 0.0385 e. The standard InChI is InChI=1S/C24H28N2/c1-17(2)19-5-9-21(10-6-19)25-23-13-15-24(16-14-23)26-22-11-7-20(8-12-22)18(3)4/h5-18,25-26H,1-4H3. The molecule has 2 nitrogen and oxygen atoms in total. The van der Waals surface area contributed by atoms with Crippen molar-refractivity contribution in [3.63, 3.8) is 0 Å². The van der Waals surface area contributed by atoms with Crippen LogP contribution in [0.5, 0.6) is 0 Å². The molecule has 3 rings (SSSR count). The van der Waals surface area contributed by atoms with E-state index >= 15 is 0 Å². The van der Waals surface area contributed by atoms with Gasteiger partial charge in [0, 0.05) is 22.7 Å². The summed E-state index contributed by atoms with van der Waals surface area (Å²) < 4.78 is 0. The highest BCUT2D eigenvalue weighted by Gasteiger charge is 2.01. The second-order valence-electron chi connectivity index (χ2n) is 7.38. The summed E-state index contributed by atoms with van der Waals surface area (Å²) in [7, 11) is 0. The van der Waals surface area contributed by atoms with Gasteiger partial charge in [-0.15, -0.1) is 0 Å². The van der Waals surface area contributed by atoms with Gasteiger partial charge in [-0.1, -0.05) is 52.0 Å². The normalized spacial score (nSPS) is 11.0. The van der Waals surface area contributed by atoms with Gasteiger partial charge >= 0.3 is 0 Å². The van der Waals surface area contributed by atoms with E-state index < -0.39 is 0 Å². The minimum Gasteiger partial charge on any atom is -0.356 e. The van der Waals surface area contributed by atoms with E-state index in [-0.39, 0.29) is 0 Å². The molecule has 0 atom stereocenters. The summed E-state index contributed by atoms with van der Waals surface area (Å²) in [5.41, 5.74) is 7.11. The average molecular weight is 345 g/mol. The second-order valence-corrected chi connectivity index (χ2v) is 7.38. The molecule has 0 aliphatic heterocycles. The maximum absolute atomic E-state index is 3.45. The van der Waals surface area contributed by atoms with Crippen molar-refractivity contribution in [2.45, 2.75) is 39.5 Å². The van der Waals surface area contributed by atoms with Gasteiger partial charge in [0.05, 0.1) is 0 Å². The Morgan fingerprint density at radius 3 is 0.885 bits per heavy atom. The molecule has 0 radical (unpaired) electrons. The zero-order chi connectivity index (χ0) is 18.5. The molecule has 2 heteroatoms. The summed E-state index contributed by atoms with van der Waals surface area (Å²) in [6.45, 7) is 8.85. The molecule has 2 N–H and O–H groups in total. The van der Waals surface area contributed by atoms with E-state index in [1.165, 1.54) is 11.1 Å². The third-order valence-corrected chi connectivity index (χ3v) is 4.62. The molecule has 0 unspecified atom stereocenters. The second kappa shape index (κ2) is 8.09. The molecule has 0 aliphatic carbocycles. The Morgan fingerprint density at radius 1 is 0.423 bits per heavy atom. The van der Waals surface area contributed by atoms with Crippen LogP contribution in [0.25, 0.3) is 0 Å². The summed E-state index contributed by atoms with van der Waals surface area (Å²) in [4.78, 5) is 0. The highest BCUT2D eigenvalue weighted by atomic mass is 14.9. The molecule has 26 heavy (non-hydrogen) atoms. The van der Waals surface area contributed by atoms with Gasteiger partial charge in [0.25, 0.3) is 0 Å². The molecule has 0 saturated heterocycles. The molecule has 0 aromatic heterocycles. The van der Waals surface area contributed by atoms with Crippen LogP contribution in [-0.4, -0.2) is 0 Å². The van der Waals surface area contributed by atoms with Crippen molar-refractivity contribution in [3.05, 3.63) is 83.9 Å². The van der Waals surface area contributed by atoms with Crippen molar-refractivity contribution in [1.29, 1.82) is 0 Å². The van der Waals surface area contributed by atoms with E-state index in [1.807, 2.05) is 0 Å². The van der Waals surface area contributed by atoms with E-state index in [0.717, 1.165) is 22.7 Å². The monoisotopic (exact) mass is 344 g/mol. The quantitative estimate of drug-likeness (QED) is 0.486. The molecule has 3 aromatic rings. The molecular formula is C24H28N2. The van der Waals surface area contributed by atoms with E-state index in [4.69, 9.17) is 0 Å². The van der Waals surface area contributed by atoms with E-state index in [2.05, 4.69) is 111 Å². The molecule has 0 fully saturated rings. The van der Waals surface area contributed by atoms with Gasteiger partial charge in [0.1, 0.15) is 0 Å². The number of rotatable bonds is 6. The molecule has 0 bridgehead atoms. The zero-order valence-electron chi connectivity index (χ0n) is 16.1. The highest BCUT2D eigenvalue weighted by molar-refractivity contribution is 5.66. The van der Waals surface area contributed by atoms with Crippen LogP contribution < -0.4 is 10.6 Å². The van der Waals surface area contributed by atoms with Crippen molar-refractivity contribution in [3.8, 4) is 0 Å². The smallest absolute Gasteiger partial charge is 0.0385 e. The minimum atomic E-state index is 0.559. The molecule has 3 aromatic carbocycles. The Balaban J connectivity index is 1.62. The van der Waals surface area contributed by atoms with Crippen LogP contribution in [0.15, 0.2) is 72.8 Å². The lowest BCUT2D eigenvalue weighted by molar-refractivity contribution is 0.867. The van der Waals surface area contributed by atoms with E-state index in [0.29, 0.717) is 11.8 Å². The molecule has 0 aliphatic rings. The first kappa shape index (κ1) is 18.1. The largest absolute Gasteiger partial charge is 0.356 e. The van der Waals surface area contributed by atoms with Gasteiger partial charge in [-0.05, 0) is 71.5 Å². The summed E-state index contributed by atoms with van der Waals surface area (Å²) >= 11 is 0. The molecule has 0 saturated carbocycles. The predicted octanol–water partition coefficient (Wildman–Crippen LogP) is 7.42. The molecular weight excluding hydrogens is 316 g/mol. The van der Waals surface area contributed by atoms with Crippen molar-refractivity contribution in [2.75, 3.05) is 10.6 Å². The third kappa shape index (κ3) is 4.66. The average Bonchev–Trinajstić information content (AvgIpc) is 2.64. The fraction of sp³-hybridized carbons (Fsp3) is 0.250. The van der Waals surface area contributed by atoms with Crippen molar-refractivity contribution in [1.82, 2.24) is 0 Å². The van der Waals surface area contributed by atoms with Gasteiger partial charge < -0.3 is 10.6 Å². The molecule has 0 heterocycles. The number of nitrogens with one attached hydrogen (secondary N) is 2. The first-order valence-corrected chi connectivity index (χ1v) is 9.35. The summed E-state index contributed by atoms with van der Waals surface area (Å²) in [5, 5.41) is 6.91. The lowest BCUT2D eigenvalue weighted by Gasteiger charge is -2.12. The van der Waals surface area contributed by atoms with Crippen LogP contribution in [0.1, 0.15) is 50.7 Å². The molecule has 0 spiro atoms. The number of benzene rings is 3. The fourth-order valence-corrected chi connectivity index (χ4v) is 2.87. The summed E-state index contributed by atoms with van der Waals surface area (Å²) in [6, 6.07) is 25.7. The van der Waals surface area contributed by atoms with Crippen molar-refractivity contribution >= 4 is 22.7 Å². The van der Waals surface area contributed by atoms with Crippen LogP contribution in [0, 0.1) is 0 Å². The number of anilines is 4. The first-order valence-electron chi connectivity index (χ1n) is 9.35. The minimum absolute atomic E-state index is 0.559. The Hall–Kier alpha value is -2.74.